The van der Waals surface area contributed by atoms with E-state index in [-0.39, 0.29) is 0 Å². The minimum Gasteiger partial charge on any atom is -0.382 e. The molecule has 0 aliphatic rings. The first-order chi connectivity index (χ1) is 11.6. The lowest BCUT2D eigenvalue weighted by atomic mass is 10.0. The van der Waals surface area contributed by atoms with E-state index in [1.807, 2.05) is 38.4 Å². The lowest BCUT2D eigenvalue weighted by Crippen LogP contribution is -2.00. The molecular weight excluding hydrogens is 300 g/mol. The number of pyridine rings is 1. The number of nitrogens with zero attached hydrogens (tertiary/aromatic N) is 5. The fourth-order valence-corrected chi connectivity index (χ4v) is 2.85. The molecule has 118 valence electrons. The Labute approximate surface area is 139 Å². The van der Waals surface area contributed by atoms with Gasteiger partial charge < -0.3 is 5.73 Å². The lowest BCUT2D eigenvalue weighted by Gasteiger charge is -2.10. The van der Waals surface area contributed by atoms with E-state index in [1.165, 1.54) is 0 Å². The second-order valence-corrected chi connectivity index (χ2v) is 5.73. The third kappa shape index (κ3) is 2.38. The molecule has 6 nitrogen and oxygen atoms in total. The maximum Gasteiger partial charge on any atom is 0.142 e. The van der Waals surface area contributed by atoms with Gasteiger partial charge in [0.15, 0.2) is 0 Å². The number of aryl methyl sites for hydroxylation is 2. The smallest absolute Gasteiger partial charge is 0.142 e. The number of anilines is 1. The van der Waals surface area contributed by atoms with Crippen molar-refractivity contribution in [2.45, 2.75) is 6.92 Å². The van der Waals surface area contributed by atoms with Crippen LogP contribution in [0.3, 0.4) is 0 Å². The number of hydrogen-bond donors (Lipinski definition) is 1. The molecule has 0 spiro atoms. The molecule has 4 aromatic rings. The highest BCUT2D eigenvalue weighted by molar-refractivity contribution is 5.89. The Hall–Kier alpha value is -3.28. The van der Waals surface area contributed by atoms with Gasteiger partial charge in [0.25, 0.3) is 0 Å². The van der Waals surface area contributed by atoms with E-state index >= 15 is 0 Å². The van der Waals surface area contributed by atoms with Crippen LogP contribution < -0.4 is 5.73 Å². The van der Waals surface area contributed by atoms with E-state index < -0.39 is 0 Å². The summed E-state index contributed by atoms with van der Waals surface area (Å²) in [6.45, 7) is 2.05. The Bertz CT molecular complexity index is 1050. The largest absolute Gasteiger partial charge is 0.382 e. The second-order valence-electron chi connectivity index (χ2n) is 5.73. The summed E-state index contributed by atoms with van der Waals surface area (Å²) in [5, 5.41) is 5.51. The predicted octanol–water partition coefficient (Wildman–Crippen LogP) is 2.98. The zero-order valence-electron chi connectivity index (χ0n) is 13.4. The summed E-state index contributed by atoms with van der Waals surface area (Å²) in [7, 11) is 1.87. The monoisotopic (exact) mass is 316 g/mol. The molecule has 0 bridgehead atoms. The fraction of sp³-hybridized carbons (Fsp3) is 0.111. The number of fused-ring (bicyclic) bond motifs is 1. The fourth-order valence-electron chi connectivity index (χ4n) is 2.85. The molecule has 3 heterocycles. The number of aromatic nitrogens is 5. The predicted molar refractivity (Wildman–Crippen MR) is 94.1 cm³/mol. The Morgan fingerprint density at radius 1 is 1.08 bits per heavy atom. The Morgan fingerprint density at radius 2 is 1.96 bits per heavy atom. The van der Waals surface area contributed by atoms with Gasteiger partial charge in [-0.15, -0.1) is 0 Å². The highest BCUT2D eigenvalue weighted by atomic mass is 15.3. The van der Waals surface area contributed by atoms with E-state index in [4.69, 9.17) is 5.73 Å². The molecule has 0 aliphatic heterocycles. The van der Waals surface area contributed by atoms with Crippen LogP contribution in [0.25, 0.3) is 33.5 Å². The highest BCUT2D eigenvalue weighted by Gasteiger charge is 2.15. The van der Waals surface area contributed by atoms with E-state index in [1.54, 1.807) is 17.1 Å². The quantitative estimate of drug-likeness (QED) is 0.615. The van der Waals surface area contributed by atoms with Gasteiger partial charge in [0.2, 0.25) is 0 Å². The van der Waals surface area contributed by atoms with Gasteiger partial charge in [0.05, 0.1) is 17.4 Å². The summed E-state index contributed by atoms with van der Waals surface area (Å²) in [5.74, 6) is 0.374. The highest BCUT2D eigenvalue weighted by Crippen LogP contribution is 2.31. The van der Waals surface area contributed by atoms with Gasteiger partial charge in [-0.3, -0.25) is 14.6 Å². The van der Waals surface area contributed by atoms with Crippen molar-refractivity contribution in [1.29, 1.82) is 0 Å². The van der Waals surface area contributed by atoms with E-state index in [9.17, 15) is 0 Å². The van der Waals surface area contributed by atoms with Crippen molar-refractivity contribution in [3.05, 3.63) is 54.5 Å². The summed E-state index contributed by atoms with van der Waals surface area (Å²) in [4.78, 5) is 13.4. The first-order valence-electron chi connectivity index (χ1n) is 7.60. The molecule has 0 saturated carbocycles. The van der Waals surface area contributed by atoms with Crippen molar-refractivity contribution in [2.24, 2.45) is 7.05 Å². The molecule has 3 aromatic heterocycles. The van der Waals surface area contributed by atoms with Crippen LogP contribution in [0, 0.1) is 6.92 Å². The molecule has 2 N–H and O–H groups in total. The maximum atomic E-state index is 5.85. The van der Waals surface area contributed by atoms with Crippen LogP contribution in [0.2, 0.25) is 0 Å². The summed E-state index contributed by atoms with van der Waals surface area (Å²) in [6, 6.07) is 10.0. The average Bonchev–Trinajstić information content (AvgIpc) is 3.01. The molecule has 0 fully saturated rings. The average molecular weight is 316 g/mol. The SMILES string of the molecule is Cc1cc(-c2ncc(N)nc2-c2ccn(C)n2)cc2cccnc12. The standard InChI is InChI=1S/C18H16N6/c1-11-8-13(9-12-4-3-6-20-16(11)12)17-18(22-15(19)10-21-17)14-5-7-24(2)23-14/h3-10H,1-2H3,(H2,19,22). The molecule has 24 heavy (non-hydrogen) atoms. The molecule has 0 saturated heterocycles. The lowest BCUT2D eigenvalue weighted by molar-refractivity contribution is 0.770. The zero-order valence-corrected chi connectivity index (χ0v) is 13.4. The first kappa shape index (κ1) is 14.3. The molecule has 0 amide bonds. The molecule has 6 heteroatoms. The van der Waals surface area contributed by atoms with Crippen LogP contribution in [0.5, 0.6) is 0 Å². The Balaban J connectivity index is 1.97. The molecule has 1 aromatic carbocycles. The van der Waals surface area contributed by atoms with E-state index in [2.05, 4.69) is 32.2 Å². The van der Waals surface area contributed by atoms with Crippen molar-refractivity contribution in [3.8, 4) is 22.6 Å². The normalized spacial score (nSPS) is 11.1. The van der Waals surface area contributed by atoms with Crippen molar-refractivity contribution in [3.63, 3.8) is 0 Å². The third-order valence-corrected chi connectivity index (χ3v) is 3.92. The minimum atomic E-state index is 0.374. The van der Waals surface area contributed by atoms with Crippen molar-refractivity contribution < 1.29 is 0 Å². The van der Waals surface area contributed by atoms with Crippen LogP contribution >= 0.6 is 0 Å². The van der Waals surface area contributed by atoms with Gasteiger partial charge in [-0.05, 0) is 36.8 Å². The minimum absolute atomic E-state index is 0.374. The number of nitrogens with two attached hydrogens (primary N) is 1. The number of rotatable bonds is 2. The van der Waals surface area contributed by atoms with Crippen LogP contribution in [0.1, 0.15) is 5.56 Å². The zero-order chi connectivity index (χ0) is 16.7. The van der Waals surface area contributed by atoms with Crippen LogP contribution in [0.4, 0.5) is 5.82 Å². The molecular formula is C18H16N6. The summed E-state index contributed by atoms with van der Waals surface area (Å²) >= 11 is 0. The molecule has 4 rings (SSSR count). The Morgan fingerprint density at radius 3 is 2.75 bits per heavy atom. The summed E-state index contributed by atoms with van der Waals surface area (Å²) in [6.07, 6.45) is 5.25. The van der Waals surface area contributed by atoms with E-state index in [0.29, 0.717) is 11.5 Å². The van der Waals surface area contributed by atoms with Crippen molar-refractivity contribution in [2.75, 3.05) is 5.73 Å². The maximum absolute atomic E-state index is 5.85. The van der Waals surface area contributed by atoms with Crippen LogP contribution in [-0.4, -0.2) is 24.7 Å². The van der Waals surface area contributed by atoms with Crippen molar-refractivity contribution >= 4 is 16.7 Å². The molecule has 0 unspecified atom stereocenters. The van der Waals surface area contributed by atoms with E-state index in [0.717, 1.165) is 33.4 Å². The van der Waals surface area contributed by atoms with Gasteiger partial charge in [0, 0.05) is 30.4 Å². The van der Waals surface area contributed by atoms with Crippen LogP contribution in [-0.2, 0) is 7.05 Å². The summed E-state index contributed by atoms with van der Waals surface area (Å²) in [5.41, 5.74) is 11.1. The van der Waals surface area contributed by atoms with Gasteiger partial charge >= 0.3 is 0 Å². The second kappa shape index (κ2) is 5.42. The topological polar surface area (TPSA) is 82.5 Å². The van der Waals surface area contributed by atoms with Gasteiger partial charge in [-0.25, -0.2) is 4.98 Å². The molecule has 0 aliphatic carbocycles. The summed E-state index contributed by atoms with van der Waals surface area (Å²) < 4.78 is 1.74. The van der Waals surface area contributed by atoms with Crippen molar-refractivity contribution in [1.82, 2.24) is 24.7 Å². The number of nitrogen functional groups attached to an aromatic ring is 1. The molecule has 0 radical (unpaired) electrons. The van der Waals surface area contributed by atoms with Gasteiger partial charge in [-0.2, -0.15) is 5.10 Å². The van der Waals surface area contributed by atoms with Crippen LogP contribution in [0.15, 0.2) is 48.9 Å². The number of benzene rings is 1. The molecule has 0 atom stereocenters. The third-order valence-electron chi connectivity index (χ3n) is 3.92. The van der Waals surface area contributed by atoms with Gasteiger partial charge in [0.1, 0.15) is 17.2 Å². The first-order valence-corrected chi connectivity index (χ1v) is 7.60. The number of hydrogen-bond acceptors (Lipinski definition) is 5. The van der Waals surface area contributed by atoms with Gasteiger partial charge in [-0.1, -0.05) is 6.07 Å². The Kier molecular flexibility index (Phi) is 3.23.